The molecule has 1 aliphatic rings. The molecule has 1 aliphatic carbocycles. The van der Waals surface area contributed by atoms with Gasteiger partial charge in [0, 0.05) is 45.1 Å². The zero-order valence-corrected chi connectivity index (χ0v) is 19.3. The largest absolute Gasteiger partial charge is 0.481 e. The van der Waals surface area contributed by atoms with E-state index < -0.39 is 24.0 Å². The third-order valence-corrected chi connectivity index (χ3v) is 7.23. The Morgan fingerprint density at radius 2 is 2.03 bits per heavy atom. The highest BCUT2D eigenvalue weighted by atomic mass is 35.5. The van der Waals surface area contributed by atoms with Gasteiger partial charge in [0.15, 0.2) is 5.82 Å². The highest BCUT2D eigenvalue weighted by molar-refractivity contribution is 7.99. The van der Waals surface area contributed by atoms with E-state index in [1.165, 1.54) is 23.9 Å². The lowest BCUT2D eigenvalue weighted by molar-refractivity contribution is -0.136. The number of carboxylic acid groups (broad SMARTS) is 1. The number of aliphatic carboxylic acids is 1. The van der Waals surface area contributed by atoms with Crippen molar-refractivity contribution in [2.24, 2.45) is 0 Å². The Labute approximate surface area is 198 Å². The summed E-state index contributed by atoms with van der Waals surface area (Å²) in [5.41, 5.74) is 2.07. The van der Waals surface area contributed by atoms with E-state index >= 15 is 8.78 Å². The molecule has 33 heavy (non-hydrogen) atoms. The number of carboxylic acids is 1. The molecule has 0 bridgehead atoms. The third kappa shape index (κ3) is 3.91. The van der Waals surface area contributed by atoms with Crippen molar-refractivity contribution >= 4 is 40.2 Å². The van der Waals surface area contributed by atoms with Crippen molar-refractivity contribution in [3.8, 4) is 5.69 Å². The summed E-state index contributed by atoms with van der Waals surface area (Å²) in [6.45, 7) is 2.64. The maximum absolute atomic E-state index is 15.4. The predicted octanol–water partition coefficient (Wildman–Crippen LogP) is 6.43. The monoisotopic (exact) mass is 487 g/mol. The first-order valence-electron chi connectivity index (χ1n) is 10.6. The number of aromatic nitrogens is 3. The van der Waals surface area contributed by atoms with Gasteiger partial charge in [0.05, 0.1) is 28.8 Å². The summed E-state index contributed by atoms with van der Waals surface area (Å²) in [4.78, 5) is 12.2. The van der Waals surface area contributed by atoms with E-state index in [9.17, 15) is 4.79 Å². The number of halogens is 3. The van der Waals surface area contributed by atoms with Crippen molar-refractivity contribution in [3.05, 3.63) is 70.6 Å². The number of fused-ring (bicyclic) bond motifs is 1. The SMILES string of the molecule is CCn1cc(-n2c(C3CC3)c(Sc3cccc(CC(=O)O)c3F)c3ccc(Cl)c(F)c32)cn1. The van der Waals surface area contributed by atoms with Crippen LogP contribution in [-0.4, -0.2) is 25.4 Å². The average Bonchev–Trinajstić information content (AvgIpc) is 3.42. The summed E-state index contributed by atoms with van der Waals surface area (Å²) in [5.74, 6) is -2.00. The Hall–Kier alpha value is -2.84. The highest BCUT2D eigenvalue weighted by Gasteiger charge is 2.34. The van der Waals surface area contributed by atoms with Gasteiger partial charge in [-0.3, -0.25) is 9.48 Å². The minimum atomic E-state index is -1.10. The molecule has 5 rings (SSSR count). The number of hydrogen-bond acceptors (Lipinski definition) is 3. The van der Waals surface area contributed by atoms with Crippen LogP contribution in [0.5, 0.6) is 0 Å². The second-order valence-electron chi connectivity index (χ2n) is 8.04. The Bertz CT molecular complexity index is 1390. The van der Waals surface area contributed by atoms with Crippen LogP contribution in [0.25, 0.3) is 16.6 Å². The van der Waals surface area contributed by atoms with Gasteiger partial charge in [-0.2, -0.15) is 5.10 Å². The first kappa shape index (κ1) is 22.0. The van der Waals surface area contributed by atoms with Crippen molar-refractivity contribution in [1.29, 1.82) is 0 Å². The van der Waals surface area contributed by atoms with Crippen LogP contribution < -0.4 is 0 Å². The lowest BCUT2D eigenvalue weighted by Crippen LogP contribution is -2.03. The molecule has 2 aromatic carbocycles. The van der Waals surface area contributed by atoms with Gasteiger partial charge in [-0.25, -0.2) is 8.78 Å². The van der Waals surface area contributed by atoms with Crippen LogP contribution in [0.3, 0.4) is 0 Å². The van der Waals surface area contributed by atoms with Gasteiger partial charge in [-0.05, 0) is 38.0 Å². The Morgan fingerprint density at radius 3 is 2.70 bits per heavy atom. The lowest BCUT2D eigenvalue weighted by Gasteiger charge is -2.11. The highest BCUT2D eigenvalue weighted by Crippen LogP contribution is 2.51. The maximum atomic E-state index is 15.4. The summed E-state index contributed by atoms with van der Waals surface area (Å²) in [7, 11) is 0. The molecule has 0 amide bonds. The summed E-state index contributed by atoms with van der Waals surface area (Å²) in [5, 5.41) is 14.1. The Morgan fingerprint density at radius 1 is 1.24 bits per heavy atom. The quantitative estimate of drug-likeness (QED) is 0.326. The van der Waals surface area contributed by atoms with E-state index in [1.54, 1.807) is 29.1 Å². The molecule has 0 radical (unpaired) electrons. The minimum absolute atomic E-state index is 0.0117. The molecule has 4 aromatic rings. The third-order valence-electron chi connectivity index (χ3n) is 5.77. The molecule has 9 heteroatoms. The zero-order valence-electron chi connectivity index (χ0n) is 17.7. The fourth-order valence-electron chi connectivity index (χ4n) is 4.09. The van der Waals surface area contributed by atoms with Gasteiger partial charge < -0.3 is 9.67 Å². The molecule has 0 aliphatic heterocycles. The molecule has 1 fully saturated rings. The summed E-state index contributed by atoms with van der Waals surface area (Å²) in [6.07, 6.45) is 5.04. The molecular formula is C24H20ClF2N3O2S. The van der Waals surface area contributed by atoms with E-state index in [1.807, 2.05) is 17.7 Å². The molecule has 0 spiro atoms. The zero-order chi connectivity index (χ0) is 23.3. The number of hydrogen-bond donors (Lipinski definition) is 1. The minimum Gasteiger partial charge on any atom is -0.481 e. The van der Waals surface area contributed by atoms with Gasteiger partial charge in [-0.1, -0.05) is 35.5 Å². The molecule has 1 saturated carbocycles. The van der Waals surface area contributed by atoms with Crippen LogP contribution in [0.2, 0.25) is 5.02 Å². The molecule has 2 aromatic heterocycles. The number of nitrogens with zero attached hydrogens (tertiary/aromatic N) is 3. The van der Waals surface area contributed by atoms with Crippen LogP contribution in [0.1, 0.15) is 36.9 Å². The van der Waals surface area contributed by atoms with Gasteiger partial charge >= 0.3 is 5.97 Å². The standard InChI is InChI=1S/C24H20ClF2N3O2S/c1-2-29-12-15(11-28-29)30-22(13-6-7-13)24(16-8-9-17(25)21(27)23(16)30)33-18-5-3-4-14(20(18)26)10-19(31)32/h3-5,8-9,11-13H,2,6-7,10H2,1H3,(H,31,32). The Balaban J connectivity index is 1.74. The van der Waals surface area contributed by atoms with Crippen molar-refractivity contribution in [1.82, 2.24) is 14.3 Å². The van der Waals surface area contributed by atoms with Crippen molar-refractivity contribution < 1.29 is 18.7 Å². The van der Waals surface area contributed by atoms with Gasteiger partial charge in [0.1, 0.15) is 5.82 Å². The van der Waals surface area contributed by atoms with E-state index in [0.29, 0.717) is 22.3 Å². The number of aryl methyl sites for hydroxylation is 1. The molecule has 0 atom stereocenters. The second kappa shape index (κ2) is 8.50. The van der Waals surface area contributed by atoms with Crippen LogP contribution in [0.15, 0.2) is 52.5 Å². The van der Waals surface area contributed by atoms with Crippen LogP contribution >= 0.6 is 23.4 Å². The maximum Gasteiger partial charge on any atom is 0.307 e. The molecule has 2 heterocycles. The average molecular weight is 488 g/mol. The fraction of sp³-hybridized carbons (Fsp3) is 0.250. The summed E-state index contributed by atoms with van der Waals surface area (Å²) >= 11 is 7.36. The van der Waals surface area contributed by atoms with Crippen molar-refractivity contribution in [3.63, 3.8) is 0 Å². The fourth-order valence-corrected chi connectivity index (χ4v) is 5.46. The smallest absolute Gasteiger partial charge is 0.307 e. The molecule has 1 N–H and O–H groups in total. The van der Waals surface area contributed by atoms with Crippen molar-refractivity contribution in [2.75, 3.05) is 0 Å². The number of benzene rings is 2. The molecular weight excluding hydrogens is 468 g/mol. The van der Waals surface area contributed by atoms with Crippen LogP contribution in [0.4, 0.5) is 8.78 Å². The van der Waals surface area contributed by atoms with Crippen LogP contribution in [-0.2, 0) is 17.8 Å². The van der Waals surface area contributed by atoms with Crippen LogP contribution in [0, 0.1) is 11.6 Å². The first-order chi connectivity index (χ1) is 15.9. The molecule has 5 nitrogen and oxygen atoms in total. The Kier molecular flexibility index (Phi) is 5.66. The first-order valence-corrected chi connectivity index (χ1v) is 11.8. The second-order valence-corrected chi connectivity index (χ2v) is 9.50. The normalized spacial score (nSPS) is 13.7. The molecule has 0 unspecified atom stereocenters. The van der Waals surface area contributed by atoms with E-state index in [-0.39, 0.29) is 16.5 Å². The lowest BCUT2D eigenvalue weighted by atomic mass is 10.1. The van der Waals surface area contributed by atoms with Gasteiger partial charge in [0.25, 0.3) is 0 Å². The summed E-state index contributed by atoms with van der Waals surface area (Å²) in [6, 6.07) is 8.00. The van der Waals surface area contributed by atoms with E-state index in [4.69, 9.17) is 16.7 Å². The topological polar surface area (TPSA) is 60.0 Å². The van der Waals surface area contributed by atoms with Gasteiger partial charge in [-0.15, -0.1) is 0 Å². The van der Waals surface area contributed by atoms with E-state index in [2.05, 4.69) is 5.10 Å². The van der Waals surface area contributed by atoms with Crippen molar-refractivity contribution in [2.45, 2.75) is 48.4 Å². The number of rotatable bonds is 7. The molecule has 170 valence electrons. The predicted molar refractivity (Wildman–Crippen MR) is 124 cm³/mol. The van der Waals surface area contributed by atoms with E-state index in [0.717, 1.165) is 29.1 Å². The number of carbonyl (C=O) groups is 1. The van der Waals surface area contributed by atoms with Gasteiger partial charge in [0.2, 0.25) is 0 Å². The molecule has 0 saturated heterocycles. The summed E-state index contributed by atoms with van der Waals surface area (Å²) < 4.78 is 34.2.